The third-order valence-corrected chi connectivity index (χ3v) is 8.67. The van der Waals surface area contributed by atoms with Gasteiger partial charge in [0.1, 0.15) is 13.2 Å². The van der Waals surface area contributed by atoms with Crippen molar-refractivity contribution in [3.05, 3.63) is 52.9 Å². The summed E-state index contributed by atoms with van der Waals surface area (Å²) in [5.74, 6) is 0.678. The van der Waals surface area contributed by atoms with Gasteiger partial charge in [-0.1, -0.05) is 11.6 Å². The zero-order valence-electron chi connectivity index (χ0n) is 18.1. The van der Waals surface area contributed by atoms with E-state index >= 15 is 0 Å². The number of benzene rings is 2. The molecular formula is C23H22ClN3O5S2. The quantitative estimate of drug-likeness (QED) is 0.540. The van der Waals surface area contributed by atoms with Crippen LogP contribution in [-0.2, 0) is 14.8 Å². The van der Waals surface area contributed by atoms with Gasteiger partial charge in [-0.2, -0.15) is 4.31 Å². The lowest BCUT2D eigenvalue weighted by atomic mass is 9.99. The summed E-state index contributed by atoms with van der Waals surface area (Å²) in [7, 11) is -3.70. The van der Waals surface area contributed by atoms with E-state index in [2.05, 4.69) is 10.3 Å². The Morgan fingerprint density at radius 1 is 1.12 bits per heavy atom. The second-order valence-electron chi connectivity index (χ2n) is 8.04. The van der Waals surface area contributed by atoms with Crippen LogP contribution in [0, 0.1) is 5.92 Å². The Balaban J connectivity index is 1.26. The SMILES string of the molecule is O=C(Nc1nc(-c2ccc3c(c2)OCCO3)cs1)C1CCCN(S(=O)(=O)c2ccc(Cl)cc2)C1. The summed E-state index contributed by atoms with van der Waals surface area (Å²) < 4.78 is 38.6. The lowest BCUT2D eigenvalue weighted by molar-refractivity contribution is -0.120. The molecule has 1 atom stereocenters. The highest BCUT2D eigenvalue weighted by atomic mass is 35.5. The smallest absolute Gasteiger partial charge is 0.243 e. The molecule has 3 heterocycles. The highest BCUT2D eigenvalue weighted by Gasteiger charge is 2.33. The number of hydrogen-bond donors (Lipinski definition) is 1. The van der Waals surface area contributed by atoms with E-state index in [1.807, 2.05) is 23.6 Å². The van der Waals surface area contributed by atoms with Crippen LogP contribution in [-0.4, -0.2) is 49.9 Å². The van der Waals surface area contributed by atoms with E-state index in [-0.39, 0.29) is 17.3 Å². The number of sulfonamides is 1. The molecule has 1 saturated heterocycles. The average molecular weight is 520 g/mol. The monoisotopic (exact) mass is 519 g/mol. The van der Waals surface area contributed by atoms with Gasteiger partial charge in [-0.25, -0.2) is 13.4 Å². The summed E-state index contributed by atoms with van der Waals surface area (Å²) in [4.78, 5) is 17.6. The number of nitrogens with one attached hydrogen (secondary N) is 1. The third kappa shape index (κ3) is 4.76. The molecule has 1 fully saturated rings. The van der Waals surface area contributed by atoms with E-state index in [0.29, 0.717) is 59.9 Å². The van der Waals surface area contributed by atoms with Crippen molar-refractivity contribution in [3.8, 4) is 22.8 Å². The van der Waals surface area contributed by atoms with Crippen LogP contribution in [0.3, 0.4) is 0 Å². The second kappa shape index (κ2) is 9.53. The van der Waals surface area contributed by atoms with Crippen molar-refractivity contribution >= 4 is 44.0 Å². The number of aromatic nitrogens is 1. The first-order chi connectivity index (χ1) is 16.4. The molecule has 178 valence electrons. The number of thiazole rings is 1. The van der Waals surface area contributed by atoms with Gasteiger partial charge in [-0.3, -0.25) is 4.79 Å². The molecule has 2 aromatic carbocycles. The van der Waals surface area contributed by atoms with Crippen molar-refractivity contribution in [2.24, 2.45) is 5.92 Å². The van der Waals surface area contributed by atoms with E-state index in [0.717, 1.165) is 5.56 Å². The molecule has 0 saturated carbocycles. The number of carbonyl (C=O) groups is 1. The van der Waals surface area contributed by atoms with Crippen LogP contribution in [0.15, 0.2) is 52.7 Å². The van der Waals surface area contributed by atoms with Crippen LogP contribution in [0.4, 0.5) is 5.13 Å². The minimum atomic E-state index is -3.70. The number of ether oxygens (including phenoxy) is 2. The Bertz CT molecular complexity index is 1310. The number of fused-ring (bicyclic) bond motifs is 1. The van der Waals surface area contributed by atoms with E-state index in [9.17, 15) is 13.2 Å². The molecule has 0 spiro atoms. The normalized spacial score (nSPS) is 18.4. The van der Waals surface area contributed by atoms with Crippen LogP contribution >= 0.6 is 22.9 Å². The van der Waals surface area contributed by atoms with E-state index < -0.39 is 15.9 Å². The number of carbonyl (C=O) groups excluding carboxylic acids is 1. The minimum absolute atomic E-state index is 0.122. The lowest BCUT2D eigenvalue weighted by Crippen LogP contribution is -2.43. The summed E-state index contributed by atoms with van der Waals surface area (Å²) in [5, 5.41) is 5.65. The van der Waals surface area contributed by atoms with Gasteiger partial charge in [0, 0.05) is 29.1 Å². The van der Waals surface area contributed by atoms with Crippen molar-refractivity contribution in [3.63, 3.8) is 0 Å². The maximum absolute atomic E-state index is 13.0. The van der Waals surface area contributed by atoms with Gasteiger partial charge in [0.05, 0.1) is 16.5 Å². The van der Waals surface area contributed by atoms with E-state index in [4.69, 9.17) is 21.1 Å². The molecule has 11 heteroatoms. The van der Waals surface area contributed by atoms with Crippen molar-refractivity contribution in [2.45, 2.75) is 17.7 Å². The van der Waals surface area contributed by atoms with Gasteiger partial charge in [0.25, 0.3) is 0 Å². The number of piperidine rings is 1. The fourth-order valence-electron chi connectivity index (χ4n) is 4.00. The molecule has 1 N–H and O–H groups in total. The summed E-state index contributed by atoms with van der Waals surface area (Å²) in [6, 6.07) is 11.7. The van der Waals surface area contributed by atoms with Gasteiger partial charge in [-0.15, -0.1) is 11.3 Å². The Kier molecular flexibility index (Phi) is 6.48. The van der Waals surface area contributed by atoms with Crippen LogP contribution in [0.5, 0.6) is 11.5 Å². The van der Waals surface area contributed by atoms with Gasteiger partial charge < -0.3 is 14.8 Å². The highest BCUT2D eigenvalue weighted by molar-refractivity contribution is 7.89. The molecule has 0 radical (unpaired) electrons. The van der Waals surface area contributed by atoms with Crippen molar-refractivity contribution < 1.29 is 22.7 Å². The van der Waals surface area contributed by atoms with Crippen LogP contribution in [0.1, 0.15) is 12.8 Å². The molecule has 8 nitrogen and oxygen atoms in total. The first kappa shape index (κ1) is 23.1. The Hall–Kier alpha value is -2.66. The summed E-state index contributed by atoms with van der Waals surface area (Å²) in [6.45, 7) is 1.53. The maximum Gasteiger partial charge on any atom is 0.243 e. The van der Waals surface area contributed by atoms with Crippen LogP contribution in [0.2, 0.25) is 5.02 Å². The van der Waals surface area contributed by atoms with Crippen molar-refractivity contribution in [1.29, 1.82) is 0 Å². The third-order valence-electron chi connectivity index (χ3n) is 5.78. The molecule has 1 amide bonds. The van der Waals surface area contributed by atoms with Gasteiger partial charge >= 0.3 is 0 Å². The predicted octanol–water partition coefficient (Wildman–Crippen LogP) is 4.27. The summed E-state index contributed by atoms with van der Waals surface area (Å²) in [6.07, 6.45) is 1.21. The van der Waals surface area contributed by atoms with E-state index in [1.54, 1.807) is 12.1 Å². The molecule has 34 heavy (non-hydrogen) atoms. The Labute approximate surface area is 206 Å². The Morgan fingerprint density at radius 2 is 1.88 bits per heavy atom. The van der Waals surface area contributed by atoms with Crippen LogP contribution in [0.25, 0.3) is 11.3 Å². The zero-order chi connectivity index (χ0) is 23.7. The first-order valence-electron chi connectivity index (χ1n) is 10.8. The standard InChI is InChI=1S/C23H22ClN3O5S2/c24-17-4-6-18(7-5-17)34(29,30)27-9-1-2-16(13-27)22(28)26-23-25-19(14-33-23)15-3-8-20-21(12-15)32-11-10-31-20/h3-8,12,14,16H,1-2,9-11,13H2,(H,25,26,28). The lowest BCUT2D eigenvalue weighted by Gasteiger charge is -2.31. The number of anilines is 1. The number of amides is 1. The molecule has 5 rings (SSSR count). The predicted molar refractivity (Wildman–Crippen MR) is 130 cm³/mol. The molecular weight excluding hydrogens is 498 g/mol. The number of hydrogen-bond acceptors (Lipinski definition) is 7. The summed E-state index contributed by atoms with van der Waals surface area (Å²) >= 11 is 7.20. The number of nitrogens with zero attached hydrogens (tertiary/aromatic N) is 2. The molecule has 2 aliphatic heterocycles. The maximum atomic E-state index is 13.0. The molecule has 2 aliphatic rings. The summed E-state index contributed by atoms with van der Waals surface area (Å²) in [5.41, 5.74) is 1.58. The van der Waals surface area contributed by atoms with Crippen molar-refractivity contribution in [1.82, 2.24) is 9.29 Å². The fraction of sp³-hybridized carbons (Fsp3) is 0.304. The van der Waals surface area contributed by atoms with E-state index in [1.165, 1.54) is 27.8 Å². The van der Waals surface area contributed by atoms with Gasteiger partial charge in [0.2, 0.25) is 15.9 Å². The van der Waals surface area contributed by atoms with Crippen molar-refractivity contribution in [2.75, 3.05) is 31.6 Å². The molecule has 1 unspecified atom stereocenters. The largest absolute Gasteiger partial charge is 0.486 e. The fourth-order valence-corrected chi connectivity index (χ4v) is 6.38. The molecule has 0 aliphatic carbocycles. The molecule has 1 aromatic heterocycles. The zero-order valence-corrected chi connectivity index (χ0v) is 20.5. The van der Waals surface area contributed by atoms with Gasteiger partial charge in [0.15, 0.2) is 16.6 Å². The second-order valence-corrected chi connectivity index (χ2v) is 11.3. The minimum Gasteiger partial charge on any atom is -0.486 e. The highest BCUT2D eigenvalue weighted by Crippen LogP contribution is 2.35. The average Bonchev–Trinajstić information content (AvgIpc) is 3.32. The first-order valence-corrected chi connectivity index (χ1v) is 13.5. The number of rotatable bonds is 5. The molecule has 3 aromatic rings. The van der Waals surface area contributed by atoms with Crippen LogP contribution < -0.4 is 14.8 Å². The Morgan fingerprint density at radius 3 is 2.68 bits per heavy atom. The molecule has 0 bridgehead atoms. The van der Waals surface area contributed by atoms with Gasteiger partial charge in [-0.05, 0) is 55.3 Å². The topological polar surface area (TPSA) is 97.8 Å². The number of halogens is 1.